The predicted octanol–water partition coefficient (Wildman–Crippen LogP) is 2.71. The summed E-state index contributed by atoms with van der Waals surface area (Å²) in [6.45, 7) is 1.38. The zero-order valence-electron chi connectivity index (χ0n) is 14.6. The Hall–Kier alpha value is -2.28. The van der Waals surface area contributed by atoms with E-state index in [4.69, 9.17) is 10.3 Å². The highest BCUT2D eigenvalue weighted by atomic mass is 19.1. The Labute approximate surface area is 151 Å². The molecular formula is C19H23FN4O2. The number of rotatable bonds is 3. The van der Waals surface area contributed by atoms with Gasteiger partial charge < -0.3 is 15.2 Å². The van der Waals surface area contributed by atoms with Gasteiger partial charge >= 0.3 is 0 Å². The number of piperidine rings is 1. The van der Waals surface area contributed by atoms with Gasteiger partial charge in [-0.2, -0.15) is 4.98 Å². The van der Waals surface area contributed by atoms with Crippen LogP contribution in [0.3, 0.4) is 0 Å². The minimum absolute atomic E-state index is 0.0458. The summed E-state index contributed by atoms with van der Waals surface area (Å²) in [6.07, 6.45) is 4.44. The zero-order valence-corrected chi connectivity index (χ0v) is 14.6. The largest absolute Gasteiger partial charge is 0.342 e. The second kappa shape index (κ2) is 7.15. The van der Waals surface area contributed by atoms with Crippen molar-refractivity contribution in [2.75, 3.05) is 13.1 Å². The van der Waals surface area contributed by atoms with Gasteiger partial charge in [0.05, 0.1) is 5.92 Å². The SMILES string of the molecule is NC1CCC(C(=O)N2CCCC(c3nc(-c4ccc(F)cc4)no3)C2)C1. The molecule has 6 nitrogen and oxygen atoms in total. The van der Waals surface area contributed by atoms with Crippen molar-refractivity contribution in [2.45, 2.75) is 44.1 Å². The van der Waals surface area contributed by atoms with Gasteiger partial charge in [-0.05, 0) is 56.4 Å². The van der Waals surface area contributed by atoms with E-state index in [1.807, 2.05) is 4.90 Å². The summed E-state index contributed by atoms with van der Waals surface area (Å²) >= 11 is 0. The summed E-state index contributed by atoms with van der Waals surface area (Å²) in [7, 11) is 0. The van der Waals surface area contributed by atoms with Crippen molar-refractivity contribution in [2.24, 2.45) is 11.7 Å². The van der Waals surface area contributed by atoms with Gasteiger partial charge in [-0.25, -0.2) is 4.39 Å². The number of nitrogens with two attached hydrogens (primary N) is 1. The number of carbonyl (C=O) groups excluding carboxylic acids is 1. The van der Waals surface area contributed by atoms with Crippen LogP contribution in [-0.4, -0.2) is 40.1 Å². The van der Waals surface area contributed by atoms with E-state index >= 15 is 0 Å². The van der Waals surface area contributed by atoms with Crippen LogP contribution in [0.4, 0.5) is 4.39 Å². The number of aromatic nitrogens is 2. The van der Waals surface area contributed by atoms with Crippen LogP contribution >= 0.6 is 0 Å². The molecule has 1 aliphatic heterocycles. The fourth-order valence-electron chi connectivity index (χ4n) is 4.00. The molecule has 0 bridgehead atoms. The van der Waals surface area contributed by atoms with Gasteiger partial charge in [-0.3, -0.25) is 4.79 Å². The first-order valence-electron chi connectivity index (χ1n) is 9.24. The first kappa shape index (κ1) is 17.1. The van der Waals surface area contributed by atoms with Crippen LogP contribution in [-0.2, 0) is 4.79 Å². The third-order valence-electron chi connectivity index (χ3n) is 5.45. The van der Waals surface area contributed by atoms with Crippen LogP contribution in [0.5, 0.6) is 0 Å². The molecule has 2 N–H and O–H groups in total. The van der Waals surface area contributed by atoms with E-state index in [-0.39, 0.29) is 29.6 Å². The Morgan fingerprint density at radius 2 is 2.04 bits per heavy atom. The lowest BCUT2D eigenvalue weighted by atomic mass is 9.96. The minimum Gasteiger partial charge on any atom is -0.342 e. The molecule has 1 saturated carbocycles. The number of amides is 1. The second-order valence-corrected chi connectivity index (χ2v) is 7.36. The summed E-state index contributed by atoms with van der Waals surface area (Å²) in [5, 5.41) is 4.02. The summed E-state index contributed by atoms with van der Waals surface area (Å²) in [5.74, 6) is 1.01. The van der Waals surface area contributed by atoms with Crippen molar-refractivity contribution in [3.8, 4) is 11.4 Å². The van der Waals surface area contributed by atoms with Gasteiger partial charge in [0.2, 0.25) is 17.6 Å². The van der Waals surface area contributed by atoms with Crippen molar-refractivity contribution >= 4 is 5.91 Å². The fourth-order valence-corrected chi connectivity index (χ4v) is 4.00. The van der Waals surface area contributed by atoms with E-state index in [9.17, 15) is 9.18 Å². The van der Waals surface area contributed by atoms with Crippen LogP contribution in [0.2, 0.25) is 0 Å². The van der Waals surface area contributed by atoms with Crippen molar-refractivity contribution in [1.29, 1.82) is 0 Å². The third-order valence-corrected chi connectivity index (χ3v) is 5.45. The summed E-state index contributed by atoms with van der Waals surface area (Å²) in [5.41, 5.74) is 6.66. The van der Waals surface area contributed by atoms with Gasteiger partial charge in [0.15, 0.2) is 0 Å². The zero-order chi connectivity index (χ0) is 18.1. The van der Waals surface area contributed by atoms with E-state index in [0.717, 1.165) is 38.6 Å². The number of nitrogens with zero attached hydrogens (tertiary/aromatic N) is 3. The Morgan fingerprint density at radius 1 is 1.23 bits per heavy atom. The molecule has 2 aromatic rings. The van der Waals surface area contributed by atoms with Crippen molar-refractivity contribution in [1.82, 2.24) is 15.0 Å². The molecule has 7 heteroatoms. The lowest BCUT2D eigenvalue weighted by Crippen LogP contribution is -2.42. The highest BCUT2D eigenvalue weighted by molar-refractivity contribution is 5.79. The number of halogens is 1. The number of hydrogen-bond acceptors (Lipinski definition) is 5. The number of benzene rings is 1. The van der Waals surface area contributed by atoms with Gasteiger partial charge in [-0.15, -0.1) is 0 Å². The molecule has 4 rings (SSSR count). The van der Waals surface area contributed by atoms with Crippen LogP contribution in [0.25, 0.3) is 11.4 Å². The molecule has 138 valence electrons. The van der Waals surface area contributed by atoms with Crippen LogP contribution in [0.15, 0.2) is 28.8 Å². The molecule has 0 radical (unpaired) electrons. The molecule has 2 fully saturated rings. The van der Waals surface area contributed by atoms with E-state index in [2.05, 4.69) is 10.1 Å². The van der Waals surface area contributed by atoms with Crippen molar-refractivity contribution in [3.63, 3.8) is 0 Å². The smallest absolute Gasteiger partial charge is 0.231 e. The highest BCUT2D eigenvalue weighted by Crippen LogP contribution is 2.31. The fraction of sp³-hybridized carbons (Fsp3) is 0.526. The average Bonchev–Trinajstić information content (AvgIpc) is 3.31. The van der Waals surface area contributed by atoms with Gasteiger partial charge in [0, 0.05) is 30.6 Å². The molecule has 2 heterocycles. The van der Waals surface area contributed by atoms with Crippen LogP contribution in [0, 0.1) is 11.7 Å². The first-order chi connectivity index (χ1) is 12.6. The maximum atomic E-state index is 13.1. The highest BCUT2D eigenvalue weighted by Gasteiger charge is 2.34. The summed E-state index contributed by atoms with van der Waals surface area (Å²) < 4.78 is 18.5. The first-order valence-corrected chi connectivity index (χ1v) is 9.24. The standard InChI is InChI=1S/C19H23FN4O2/c20-15-6-3-12(4-7-15)17-22-18(26-23-17)14-2-1-9-24(11-14)19(25)13-5-8-16(21)10-13/h3-4,6-7,13-14,16H,1-2,5,8-11,21H2. The molecular weight excluding hydrogens is 335 g/mol. The number of carbonyl (C=O) groups is 1. The van der Waals surface area contributed by atoms with Crippen molar-refractivity contribution in [3.05, 3.63) is 36.0 Å². The Morgan fingerprint density at radius 3 is 2.77 bits per heavy atom. The molecule has 3 atom stereocenters. The molecule has 1 saturated heterocycles. The topological polar surface area (TPSA) is 85.3 Å². The van der Waals surface area contributed by atoms with Gasteiger partial charge in [-0.1, -0.05) is 5.16 Å². The number of likely N-dealkylation sites (tertiary alicyclic amines) is 1. The molecule has 0 spiro atoms. The van der Waals surface area contributed by atoms with E-state index in [1.54, 1.807) is 12.1 Å². The third kappa shape index (κ3) is 3.49. The molecule has 1 aromatic carbocycles. The van der Waals surface area contributed by atoms with Gasteiger partial charge in [0.25, 0.3) is 0 Å². The van der Waals surface area contributed by atoms with Crippen LogP contribution < -0.4 is 5.73 Å². The van der Waals surface area contributed by atoms with Crippen molar-refractivity contribution < 1.29 is 13.7 Å². The van der Waals surface area contributed by atoms with E-state index < -0.39 is 0 Å². The second-order valence-electron chi connectivity index (χ2n) is 7.36. The van der Waals surface area contributed by atoms with E-state index in [1.165, 1.54) is 12.1 Å². The molecule has 1 aliphatic carbocycles. The average molecular weight is 358 g/mol. The molecule has 3 unspecified atom stereocenters. The maximum absolute atomic E-state index is 13.1. The monoisotopic (exact) mass is 358 g/mol. The van der Waals surface area contributed by atoms with Crippen LogP contribution in [0.1, 0.15) is 43.9 Å². The summed E-state index contributed by atoms with van der Waals surface area (Å²) in [4.78, 5) is 19.2. The normalized spacial score (nSPS) is 26.2. The Bertz CT molecular complexity index is 776. The predicted molar refractivity (Wildman–Crippen MR) is 93.6 cm³/mol. The lowest BCUT2D eigenvalue weighted by molar-refractivity contribution is -0.136. The Balaban J connectivity index is 1.45. The maximum Gasteiger partial charge on any atom is 0.231 e. The van der Waals surface area contributed by atoms with E-state index in [0.29, 0.717) is 23.8 Å². The molecule has 1 aromatic heterocycles. The quantitative estimate of drug-likeness (QED) is 0.912. The molecule has 26 heavy (non-hydrogen) atoms. The number of hydrogen-bond donors (Lipinski definition) is 1. The molecule has 2 aliphatic rings. The molecule has 1 amide bonds. The lowest BCUT2D eigenvalue weighted by Gasteiger charge is -2.32. The summed E-state index contributed by atoms with van der Waals surface area (Å²) in [6, 6.07) is 6.16. The Kier molecular flexibility index (Phi) is 4.72. The van der Waals surface area contributed by atoms with Gasteiger partial charge in [0.1, 0.15) is 5.82 Å². The minimum atomic E-state index is -0.300.